The van der Waals surface area contributed by atoms with Crippen LogP contribution in [0, 0.1) is 5.82 Å². The first-order valence-corrected chi connectivity index (χ1v) is 11.2. The van der Waals surface area contributed by atoms with Gasteiger partial charge in [0.1, 0.15) is 17.3 Å². The van der Waals surface area contributed by atoms with Crippen LogP contribution in [0.1, 0.15) is 30.5 Å². The minimum absolute atomic E-state index is 0.0699. The van der Waals surface area contributed by atoms with E-state index in [1.54, 1.807) is 30.9 Å². The molecule has 0 radical (unpaired) electrons. The number of likely N-dealkylation sites (tertiary alicyclic amines) is 1. The van der Waals surface area contributed by atoms with Gasteiger partial charge in [-0.2, -0.15) is 0 Å². The highest BCUT2D eigenvalue weighted by molar-refractivity contribution is 6.46. The molecule has 1 aromatic heterocycles. The quantitative estimate of drug-likeness (QED) is 0.288. The minimum Gasteiger partial charge on any atom is -0.507 e. The maximum atomic E-state index is 13.6. The molecule has 1 fully saturated rings. The fourth-order valence-electron chi connectivity index (χ4n) is 4.02. The summed E-state index contributed by atoms with van der Waals surface area (Å²) in [5.74, 6) is -1.89. The standard InChI is InChI=1S/C25H23ClFN3O4/c1-2-34-20-9-6-17(14-19(20)26)23(31)21-22(16-4-7-18(27)8-5-16)30(25(33)24(21)32)12-3-11-29-13-10-28-15-29/h4-10,13-15,22,31H,2-3,11-12H2,1H3/b23-21-. The number of carbonyl (C=O) groups excluding carboxylic acids is 2. The lowest BCUT2D eigenvalue weighted by molar-refractivity contribution is -0.139. The number of hydrogen-bond acceptors (Lipinski definition) is 5. The Bertz CT molecular complexity index is 1230. The maximum Gasteiger partial charge on any atom is 0.295 e. The van der Waals surface area contributed by atoms with Crippen molar-refractivity contribution in [3.8, 4) is 5.75 Å². The SMILES string of the molecule is CCOc1ccc(/C(O)=C2/C(=O)C(=O)N(CCCn3ccnc3)C2c2ccc(F)cc2)cc1Cl. The first kappa shape index (κ1) is 23.5. The van der Waals surface area contributed by atoms with Crippen molar-refractivity contribution in [1.29, 1.82) is 0 Å². The number of hydrogen-bond donors (Lipinski definition) is 1. The Balaban J connectivity index is 1.73. The summed E-state index contributed by atoms with van der Waals surface area (Å²) in [5.41, 5.74) is 0.721. The molecule has 1 N–H and O–H groups in total. The van der Waals surface area contributed by atoms with E-state index in [4.69, 9.17) is 16.3 Å². The van der Waals surface area contributed by atoms with E-state index in [1.165, 1.54) is 35.2 Å². The van der Waals surface area contributed by atoms with Crippen LogP contribution in [0.3, 0.4) is 0 Å². The van der Waals surface area contributed by atoms with E-state index in [0.29, 0.717) is 30.9 Å². The third-order valence-electron chi connectivity index (χ3n) is 5.61. The van der Waals surface area contributed by atoms with Gasteiger partial charge in [-0.1, -0.05) is 23.7 Å². The number of rotatable bonds is 8. The number of aryl methyl sites for hydroxylation is 1. The third-order valence-corrected chi connectivity index (χ3v) is 5.90. The van der Waals surface area contributed by atoms with Gasteiger partial charge >= 0.3 is 0 Å². The summed E-state index contributed by atoms with van der Waals surface area (Å²) in [7, 11) is 0. The molecular formula is C25H23ClFN3O4. The second-order valence-electron chi connectivity index (χ2n) is 7.78. The molecule has 1 atom stereocenters. The van der Waals surface area contributed by atoms with Gasteiger partial charge in [0, 0.05) is 31.0 Å². The minimum atomic E-state index is -0.867. The second-order valence-corrected chi connectivity index (χ2v) is 8.18. The molecule has 1 saturated heterocycles. The van der Waals surface area contributed by atoms with Crippen molar-refractivity contribution >= 4 is 29.1 Å². The molecule has 1 unspecified atom stereocenters. The molecule has 2 heterocycles. The Labute approximate surface area is 201 Å². The van der Waals surface area contributed by atoms with Crippen molar-refractivity contribution in [2.24, 2.45) is 0 Å². The zero-order chi connectivity index (χ0) is 24.2. The van der Waals surface area contributed by atoms with Gasteiger partial charge in [-0.25, -0.2) is 9.37 Å². The number of halogens is 2. The molecule has 176 valence electrons. The van der Waals surface area contributed by atoms with E-state index >= 15 is 0 Å². The molecule has 0 spiro atoms. The molecule has 0 saturated carbocycles. The van der Waals surface area contributed by atoms with E-state index in [-0.39, 0.29) is 28.5 Å². The molecule has 4 rings (SSSR count). The largest absolute Gasteiger partial charge is 0.507 e. The van der Waals surface area contributed by atoms with Crippen LogP contribution in [-0.2, 0) is 16.1 Å². The lowest BCUT2D eigenvalue weighted by Gasteiger charge is -2.25. The molecule has 2 aromatic carbocycles. The molecular weight excluding hydrogens is 461 g/mol. The lowest BCUT2D eigenvalue weighted by atomic mass is 9.95. The van der Waals surface area contributed by atoms with Crippen molar-refractivity contribution in [2.75, 3.05) is 13.2 Å². The first-order chi connectivity index (χ1) is 16.4. The Hall–Kier alpha value is -3.65. The topological polar surface area (TPSA) is 84.7 Å². The second kappa shape index (κ2) is 10.1. The van der Waals surface area contributed by atoms with E-state index in [0.717, 1.165) is 0 Å². The number of ketones is 1. The van der Waals surface area contributed by atoms with E-state index in [9.17, 15) is 19.1 Å². The number of Topliss-reactive ketones (excluding diaryl/α,β-unsaturated/α-hetero) is 1. The average Bonchev–Trinajstić information content (AvgIpc) is 3.43. The van der Waals surface area contributed by atoms with Crippen molar-refractivity contribution in [1.82, 2.24) is 14.5 Å². The Morgan fingerprint density at radius 3 is 2.59 bits per heavy atom. The van der Waals surface area contributed by atoms with Gasteiger partial charge in [0.15, 0.2) is 0 Å². The summed E-state index contributed by atoms with van der Waals surface area (Å²) in [5, 5.41) is 11.4. The Morgan fingerprint density at radius 2 is 1.94 bits per heavy atom. The normalized spacial score (nSPS) is 17.4. The summed E-state index contributed by atoms with van der Waals surface area (Å²) in [4.78, 5) is 31.5. The molecule has 1 aliphatic rings. The van der Waals surface area contributed by atoms with Crippen LogP contribution in [-0.4, -0.2) is 44.4 Å². The third kappa shape index (κ3) is 4.68. The van der Waals surface area contributed by atoms with Gasteiger partial charge in [0.2, 0.25) is 0 Å². The van der Waals surface area contributed by atoms with Crippen molar-refractivity contribution in [3.05, 3.63) is 88.7 Å². The fraction of sp³-hybridized carbons (Fsp3) is 0.240. The van der Waals surface area contributed by atoms with Crippen LogP contribution in [0.2, 0.25) is 5.02 Å². The van der Waals surface area contributed by atoms with Crippen LogP contribution in [0.15, 0.2) is 66.8 Å². The molecule has 0 bridgehead atoms. The van der Waals surface area contributed by atoms with Crippen LogP contribution in [0.4, 0.5) is 4.39 Å². The van der Waals surface area contributed by atoms with Gasteiger partial charge in [-0.05, 0) is 49.2 Å². The smallest absolute Gasteiger partial charge is 0.295 e. The summed E-state index contributed by atoms with van der Waals surface area (Å²) < 4.78 is 20.9. The molecule has 0 aliphatic carbocycles. The number of amides is 1. The molecule has 1 aliphatic heterocycles. The fourth-order valence-corrected chi connectivity index (χ4v) is 4.26. The Kier molecular flexibility index (Phi) is 6.98. The van der Waals surface area contributed by atoms with Crippen LogP contribution in [0.5, 0.6) is 5.75 Å². The van der Waals surface area contributed by atoms with E-state index in [1.807, 2.05) is 11.5 Å². The first-order valence-electron chi connectivity index (χ1n) is 10.8. The number of imidazole rings is 1. The Morgan fingerprint density at radius 1 is 1.18 bits per heavy atom. The molecule has 7 nitrogen and oxygen atoms in total. The number of nitrogens with zero attached hydrogens (tertiary/aromatic N) is 3. The number of benzene rings is 2. The average molecular weight is 484 g/mol. The molecule has 1 amide bonds. The summed E-state index contributed by atoms with van der Waals surface area (Å²) in [6, 6.07) is 9.31. The highest BCUT2D eigenvalue weighted by atomic mass is 35.5. The summed E-state index contributed by atoms with van der Waals surface area (Å²) in [6.07, 6.45) is 5.69. The van der Waals surface area contributed by atoms with Gasteiger partial charge in [-0.15, -0.1) is 0 Å². The number of aliphatic hydroxyl groups is 1. The van der Waals surface area contributed by atoms with Gasteiger partial charge in [0.05, 0.1) is 29.6 Å². The van der Waals surface area contributed by atoms with E-state index < -0.39 is 23.5 Å². The lowest BCUT2D eigenvalue weighted by Crippen LogP contribution is -2.31. The van der Waals surface area contributed by atoms with Crippen molar-refractivity contribution < 1.29 is 23.8 Å². The molecule has 9 heteroatoms. The number of aromatic nitrogens is 2. The van der Waals surface area contributed by atoms with Gasteiger partial charge < -0.3 is 19.3 Å². The number of carbonyl (C=O) groups is 2. The van der Waals surface area contributed by atoms with Crippen LogP contribution in [0.25, 0.3) is 5.76 Å². The van der Waals surface area contributed by atoms with Crippen LogP contribution >= 0.6 is 11.6 Å². The van der Waals surface area contributed by atoms with Gasteiger partial charge in [0.25, 0.3) is 11.7 Å². The number of ether oxygens (including phenoxy) is 1. The van der Waals surface area contributed by atoms with Crippen LogP contribution < -0.4 is 4.74 Å². The number of aliphatic hydroxyl groups excluding tert-OH is 1. The highest BCUT2D eigenvalue weighted by Crippen LogP contribution is 2.40. The highest BCUT2D eigenvalue weighted by Gasteiger charge is 2.45. The maximum absolute atomic E-state index is 13.6. The zero-order valence-corrected chi connectivity index (χ0v) is 19.2. The summed E-state index contributed by atoms with van der Waals surface area (Å²) in [6.45, 7) is 3.08. The predicted octanol–water partition coefficient (Wildman–Crippen LogP) is 4.59. The van der Waals surface area contributed by atoms with Gasteiger partial charge in [-0.3, -0.25) is 9.59 Å². The van der Waals surface area contributed by atoms with Crippen molar-refractivity contribution in [3.63, 3.8) is 0 Å². The predicted molar refractivity (Wildman–Crippen MR) is 125 cm³/mol. The molecule has 34 heavy (non-hydrogen) atoms. The summed E-state index contributed by atoms with van der Waals surface area (Å²) >= 11 is 6.27. The molecule has 3 aromatic rings. The van der Waals surface area contributed by atoms with E-state index in [2.05, 4.69) is 4.98 Å². The van der Waals surface area contributed by atoms with Crippen molar-refractivity contribution in [2.45, 2.75) is 25.9 Å². The monoisotopic (exact) mass is 483 g/mol. The zero-order valence-electron chi connectivity index (χ0n) is 18.4.